The molecule has 0 spiro atoms. The SMILES string of the molecule is Cc1cc(C(=O)NNC(=O)c2ccc(C#N)cc2)c(C)n1-c1ccccc1. The Hall–Kier alpha value is -3.85. The molecule has 2 N–H and O–H groups in total. The molecule has 3 rings (SSSR count). The van der Waals surface area contributed by atoms with E-state index >= 15 is 0 Å². The van der Waals surface area contributed by atoms with Crippen molar-refractivity contribution in [1.29, 1.82) is 5.26 Å². The summed E-state index contributed by atoms with van der Waals surface area (Å²) in [7, 11) is 0. The van der Waals surface area contributed by atoms with Gasteiger partial charge in [-0.05, 0) is 56.3 Å². The van der Waals surface area contributed by atoms with E-state index in [1.54, 1.807) is 18.2 Å². The molecule has 0 aliphatic carbocycles. The average Bonchev–Trinajstić information content (AvgIpc) is 3.00. The first-order valence-corrected chi connectivity index (χ1v) is 8.36. The van der Waals surface area contributed by atoms with Crippen molar-refractivity contribution in [2.75, 3.05) is 0 Å². The van der Waals surface area contributed by atoms with E-state index in [4.69, 9.17) is 5.26 Å². The van der Waals surface area contributed by atoms with Crippen LogP contribution in [0.25, 0.3) is 5.69 Å². The smallest absolute Gasteiger partial charge is 0.271 e. The predicted octanol–water partition coefficient (Wildman–Crippen LogP) is 3.04. The van der Waals surface area contributed by atoms with E-state index in [1.807, 2.05) is 54.8 Å². The van der Waals surface area contributed by atoms with E-state index < -0.39 is 11.8 Å². The Kier molecular flexibility index (Phi) is 5.04. The fourth-order valence-electron chi connectivity index (χ4n) is 2.92. The highest BCUT2D eigenvalue weighted by atomic mass is 16.2. The number of hydrogen-bond donors (Lipinski definition) is 2. The lowest BCUT2D eigenvalue weighted by Gasteiger charge is -2.10. The minimum atomic E-state index is -0.454. The second-order valence-corrected chi connectivity index (χ2v) is 6.05. The number of nitrogens with one attached hydrogen (secondary N) is 2. The van der Waals surface area contributed by atoms with E-state index in [9.17, 15) is 9.59 Å². The molecule has 0 saturated heterocycles. The number of nitrogens with zero attached hydrogens (tertiary/aromatic N) is 2. The van der Waals surface area contributed by atoms with Gasteiger partial charge in [0.1, 0.15) is 0 Å². The largest absolute Gasteiger partial charge is 0.318 e. The topological polar surface area (TPSA) is 86.9 Å². The summed E-state index contributed by atoms with van der Waals surface area (Å²) in [6, 6.07) is 19.7. The standard InChI is InChI=1S/C21H18N4O2/c1-14-12-19(15(2)25(14)18-6-4-3-5-7-18)21(27)24-23-20(26)17-10-8-16(13-22)9-11-17/h3-12H,1-2H3,(H,23,26)(H,24,27). The number of aryl methyl sites for hydroxylation is 1. The molecule has 134 valence electrons. The van der Waals surface area contributed by atoms with Gasteiger partial charge in [-0.1, -0.05) is 18.2 Å². The number of carbonyl (C=O) groups excluding carboxylic acids is 2. The summed E-state index contributed by atoms with van der Waals surface area (Å²) >= 11 is 0. The molecule has 1 heterocycles. The Morgan fingerprint density at radius 2 is 1.56 bits per heavy atom. The maximum atomic E-state index is 12.5. The highest BCUT2D eigenvalue weighted by Gasteiger charge is 2.17. The molecule has 0 aliphatic heterocycles. The van der Waals surface area contributed by atoms with Gasteiger partial charge in [0, 0.05) is 22.6 Å². The number of benzene rings is 2. The summed E-state index contributed by atoms with van der Waals surface area (Å²) in [6.07, 6.45) is 0. The van der Waals surface area contributed by atoms with Crippen LogP contribution < -0.4 is 10.9 Å². The van der Waals surface area contributed by atoms with E-state index in [0.717, 1.165) is 17.1 Å². The van der Waals surface area contributed by atoms with Gasteiger partial charge >= 0.3 is 0 Å². The quantitative estimate of drug-likeness (QED) is 0.706. The maximum Gasteiger partial charge on any atom is 0.271 e. The lowest BCUT2D eigenvalue weighted by atomic mass is 10.1. The van der Waals surface area contributed by atoms with Crippen LogP contribution in [0.5, 0.6) is 0 Å². The summed E-state index contributed by atoms with van der Waals surface area (Å²) in [5.74, 6) is -0.850. The first-order valence-electron chi connectivity index (χ1n) is 8.36. The zero-order valence-corrected chi connectivity index (χ0v) is 15.0. The number of aromatic nitrogens is 1. The second kappa shape index (κ2) is 7.58. The minimum Gasteiger partial charge on any atom is -0.318 e. The number of hydrazine groups is 1. The number of amides is 2. The average molecular weight is 358 g/mol. The van der Waals surface area contributed by atoms with Crippen LogP contribution >= 0.6 is 0 Å². The third-order valence-electron chi connectivity index (χ3n) is 4.26. The van der Waals surface area contributed by atoms with Crippen molar-refractivity contribution in [3.63, 3.8) is 0 Å². The molecule has 0 atom stereocenters. The van der Waals surface area contributed by atoms with Crippen LogP contribution in [0.2, 0.25) is 0 Å². The monoisotopic (exact) mass is 358 g/mol. The molecule has 0 bridgehead atoms. The number of rotatable bonds is 3. The van der Waals surface area contributed by atoms with Gasteiger partial charge in [0.15, 0.2) is 0 Å². The van der Waals surface area contributed by atoms with E-state index in [1.165, 1.54) is 12.1 Å². The number of nitriles is 1. The lowest BCUT2D eigenvalue weighted by Crippen LogP contribution is -2.41. The summed E-state index contributed by atoms with van der Waals surface area (Å²) in [5, 5.41) is 8.79. The lowest BCUT2D eigenvalue weighted by molar-refractivity contribution is 0.0846. The van der Waals surface area contributed by atoms with Gasteiger partial charge in [-0.2, -0.15) is 5.26 Å². The summed E-state index contributed by atoms with van der Waals surface area (Å²) in [5.41, 5.74) is 8.80. The van der Waals surface area contributed by atoms with E-state index in [2.05, 4.69) is 10.9 Å². The van der Waals surface area contributed by atoms with Gasteiger partial charge in [0.25, 0.3) is 11.8 Å². The number of carbonyl (C=O) groups is 2. The molecule has 3 aromatic rings. The van der Waals surface area contributed by atoms with Crippen LogP contribution in [-0.4, -0.2) is 16.4 Å². The van der Waals surface area contributed by atoms with Crippen molar-refractivity contribution in [3.8, 4) is 11.8 Å². The van der Waals surface area contributed by atoms with Gasteiger partial charge in [-0.3, -0.25) is 20.4 Å². The molecule has 0 aliphatic rings. The van der Waals surface area contributed by atoms with Crippen molar-refractivity contribution in [3.05, 3.63) is 88.7 Å². The molecule has 0 fully saturated rings. The molecule has 6 heteroatoms. The molecule has 27 heavy (non-hydrogen) atoms. The zero-order valence-electron chi connectivity index (χ0n) is 15.0. The molecular weight excluding hydrogens is 340 g/mol. The molecule has 0 saturated carbocycles. The Balaban J connectivity index is 1.73. The molecule has 0 unspecified atom stereocenters. The Labute approximate surface area is 157 Å². The summed E-state index contributed by atoms with van der Waals surface area (Å²) < 4.78 is 1.98. The number of hydrogen-bond acceptors (Lipinski definition) is 3. The van der Waals surface area contributed by atoms with Gasteiger partial charge in [-0.15, -0.1) is 0 Å². The summed E-state index contributed by atoms with van der Waals surface area (Å²) in [4.78, 5) is 24.7. The molecule has 1 aromatic heterocycles. The van der Waals surface area contributed by atoms with Crippen molar-refractivity contribution in [2.24, 2.45) is 0 Å². The highest BCUT2D eigenvalue weighted by molar-refractivity contribution is 5.99. The van der Waals surface area contributed by atoms with Crippen LogP contribution in [0.15, 0.2) is 60.7 Å². The first-order chi connectivity index (χ1) is 13.0. The van der Waals surface area contributed by atoms with Crippen molar-refractivity contribution < 1.29 is 9.59 Å². The van der Waals surface area contributed by atoms with E-state index in [0.29, 0.717) is 16.7 Å². The Morgan fingerprint density at radius 1 is 0.926 bits per heavy atom. The minimum absolute atomic E-state index is 0.351. The van der Waals surface area contributed by atoms with Gasteiger partial charge < -0.3 is 4.57 Å². The fourth-order valence-corrected chi connectivity index (χ4v) is 2.92. The normalized spacial score (nSPS) is 10.1. The third kappa shape index (κ3) is 3.72. The van der Waals surface area contributed by atoms with Crippen molar-refractivity contribution >= 4 is 11.8 Å². The second-order valence-electron chi connectivity index (χ2n) is 6.05. The first kappa shape index (κ1) is 18.0. The van der Waals surface area contributed by atoms with Crippen LogP contribution in [0.3, 0.4) is 0 Å². The maximum absolute atomic E-state index is 12.5. The predicted molar refractivity (Wildman–Crippen MR) is 101 cm³/mol. The van der Waals surface area contributed by atoms with Gasteiger partial charge in [-0.25, -0.2) is 0 Å². The molecule has 2 aromatic carbocycles. The molecular formula is C21H18N4O2. The van der Waals surface area contributed by atoms with Gasteiger partial charge in [0.05, 0.1) is 17.2 Å². The highest BCUT2D eigenvalue weighted by Crippen LogP contribution is 2.20. The van der Waals surface area contributed by atoms with Crippen molar-refractivity contribution in [1.82, 2.24) is 15.4 Å². The van der Waals surface area contributed by atoms with Crippen LogP contribution in [0, 0.1) is 25.2 Å². The van der Waals surface area contributed by atoms with Crippen LogP contribution in [0.4, 0.5) is 0 Å². The summed E-state index contributed by atoms with van der Waals surface area (Å²) in [6.45, 7) is 3.78. The molecule has 0 radical (unpaired) electrons. The molecule has 2 amide bonds. The Bertz CT molecular complexity index is 1030. The van der Waals surface area contributed by atoms with Crippen LogP contribution in [0.1, 0.15) is 37.7 Å². The Morgan fingerprint density at radius 3 is 2.19 bits per heavy atom. The molecule has 6 nitrogen and oxygen atoms in total. The fraction of sp³-hybridized carbons (Fsp3) is 0.0952. The van der Waals surface area contributed by atoms with Gasteiger partial charge in [0.2, 0.25) is 0 Å². The number of para-hydroxylation sites is 1. The van der Waals surface area contributed by atoms with E-state index in [-0.39, 0.29) is 0 Å². The zero-order chi connectivity index (χ0) is 19.4. The van der Waals surface area contributed by atoms with Crippen LogP contribution in [-0.2, 0) is 0 Å². The third-order valence-corrected chi connectivity index (χ3v) is 4.26. The van der Waals surface area contributed by atoms with Crippen molar-refractivity contribution in [2.45, 2.75) is 13.8 Å².